The summed E-state index contributed by atoms with van der Waals surface area (Å²) in [5, 5.41) is 6.35. The van der Waals surface area contributed by atoms with Gasteiger partial charge in [0.05, 0.1) is 16.8 Å². The molecule has 1 aliphatic rings. The molecule has 4 aromatic rings. The first kappa shape index (κ1) is 25.2. The molecule has 1 aliphatic heterocycles. The van der Waals surface area contributed by atoms with Crippen LogP contribution in [0.15, 0.2) is 60.9 Å². The van der Waals surface area contributed by atoms with Crippen LogP contribution < -0.4 is 15.8 Å². The Morgan fingerprint density at radius 1 is 1.18 bits per heavy atom. The predicted molar refractivity (Wildman–Crippen MR) is 128 cm³/mol. The van der Waals surface area contributed by atoms with Crippen LogP contribution in [-0.4, -0.2) is 45.7 Å². The number of carbonyl (C=O) groups excluding carboxylic acids is 2. The lowest BCUT2D eigenvalue weighted by Gasteiger charge is -2.24. The van der Waals surface area contributed by atoms with Crippen molar-refractivity contribution in [2.45, 2.75) is 24.4 Å². The molecular formula is C26H21F4N5O3. The fourth-order valence-electron chi connectivity index (χ4n) is 4.32. The second-order valence-corrected chi connectivity index (χ2v) is 9.19. The maximum atomic E-state index is 14.3. The number of benzene rings is 1. The highest BCUT2D eigenvalue weighted by Crippen LogP contribution is 2.46. The van der Waals surface area contributed by atoms with Gasteiger partial charge in [0.25, 0.3) is 5.91 Å². The van der Waals surface area contributed by atoms with Crippen molar-refractivity contribution in [2.75, 3.05) is 13.2 Å². The number of hydrogen-bond donors (Lipinski definition) is 2. The first-order valence-electron chi connectivity index (χ1n) is 11.5. The van der Waals surface area contributed by atoms with Gasteiger partial charge < -0.3 is 15.8 Å². The van der Waals surface area contributed by atoms with E-state index in [9.17, 15) is 27.2 Å². The molecule has 1 aromatic carbocycles. The van der Waals surface area contributed by atoms with Crippen LogP contribution in [0.25, 0.3) is 16.8 Å². The second-order valence-electron chi connectivity index (χ2n) is 9.19. The summed E-state index contributed by atoms with van der Waals surface area (Å²) < 4.78 is 63.7. The van der Waals surface area contributed by atoms with E-state index in [2.05, 4.69) is 15.4 Å². The van der Waals surface area contributed by atoms with Gasteiger partial charge in [0.2, 0.25) is 5.91 Å². The number of hydrogen-bond acceptors (Lipinski definition) is 5. The minimum absolute atomic E-state index is 0.00665. The zero-order valence-electron chi connectivity index (χ0n) is 19.9. The summed E-state index contributed by atoms with van der Waals surface area (Å²) in [7, 11) is 0. The van der Waals surface area contributed by atoms with E-state index in [4.69, 9.17) is 10.5 Å². The van der Waals surface area contributed by atoms with Crippen molar-refractivity contribution >= 4 is 17.3 Å². The van der Waals surface area contributed by atoms with Gasteiger partial charge in [-0.2, -0.15) is 18.3 Å². The van der Waals surface area contributed by atoms with Crippen LogP contribution in [0.3, 0.4) is 0 Å². The van der Waals surface area contributed by atoms with Gasteiger partial charge in [-0.1, -0.05) is 0 Å². The van der Waals surface area contributed by atoms with Crippen LogP contribution in [0.4, 0.5) is 17.6 Å². The van der Waals surface area contributed by atoms with Gasteiger partial charge in [-0.3, -0.25) is 9.59 Å². The maximum absolute atomic E-state index is 14.3. The molecule has 4 heterocycles. The number of fused-ring (bicyclic) bond motifs is 2. The molecule has 0 radical (unpaired) electrons. The second kappa shape index (κ2) is 9.12. The highest BCUT2D eigenvalue weighted by Gasteiger charge is 2.47. The van der Waals surface area contributed by atoms with Crippen molar-refractivity contribution in [3.8, 4) is 17.0 Å². The third kappa shape index (κ3) is 4.42. The van der Waals surface area contributed by atoms with E-state index in [1.807, 2.05) is 0 Å². The van der Waals surface area contributed by atoms with Gasteiger partial charge in [0.15, 0.2) is 0 Å². The molecule has 5 rings (SSSR count). The summed E-state index contributed by atoms with van der Waals surface area (Å²) in [5.41, 5.74) is 4.98. The number of nitrogens with zero attached hydrogens (tertiary/aromatic N) is 3. The molecule has 0 saturated heterocycles. The molecule has 38 heavy (non-hydrogen) atoms. The summed E-state index contributed by atoms with van der Waals surface area (Å²) in [6.45, 7) is 0.442. The molecule has 1 unspecified atom stereocenters. The van der Waals surface area contributed by atoms with Gasteiger partial charge in [0, 0.05) is 30.1 Å². The summed E-state index contributed by atoms with van der Waals surface area (Å²) in [6, 6.07) is 10.9. The van der Waals surface area contributed by atoms with E-state index in [-0.39, 0.29) is 34.7 Å². The molecule has 196 valence electrons. The molecule has 0 fully saturated rings. The lowest BCUT2D eigenvalue weighted by Crippen LogP contribution is -2.40. The standard InChI is InChI=1S/C26H21F4N5O3/c1-25(24(31)37)13-38-22-18(25)10-20(34-21(22)14-2-5-16(27)6-3-14)19(26(28,29)30)11-32-23(36)15-4-7-17-8-9-33-35(17)12-15/h2-10,12,19H,11,13H2,1H3,(H2,31,37)(H,32,36)/t19?,25-/m0/s1. The molecule has 0 spiro atoms. The Labute approximate surface area is 213 Å². The molecule has 0 saturated carbocycles. The molecule has 0 bridgehead atoms. The number of aromatic nitrogens is 3. The van der Waals surface area contributed by atoms with Gasteiger partial charge in [-0.25, -0.2) is 13.9 Å². The fraction of sp³-hybridized carbons (Fsp3) is 0.231. The van der Waals surface area contributed by atoms with Gasteiger partial charge in [-0.05, 0) is 55.5 Å². The van der Waals surface area contributed by atoms with E-state index >= 15 is 0 Å². The number of rotatable bonds is 6. The summed E-state index contributed by atoms with van der Waals surface area (Å²) >= 11 is 0. The zero-order valence-corrected chi connectivity index (χ0v) is 19.9. The normalized spacial score (nSPS) is 17.6. The number of nitrogens with two attached hydrogens (primary N) is 1. The Kier molecular flexibility index (Phi) is 6.04. The highest BCUT2D eigenvalue weighted by atomic mass is 19.4. The Hall–Kier alpha value is -4.48. The van der Waals surface area contributed by atoms with E-state index in [1.54, 1.807) is 12.1 Å². The molecule has 2 atom stereocenters. The Balaban J connectivity index is 1.54. The monoisotopic (exact) mass is 527 g/mol. The number of ether oxygens (including phenoxy) is 1. The third-order valence-electron chi connectivity index (χ3n) is 6.63. The fourth-order valence-corrected chi connectivity index (χ4v) is 4.32. The minimum Gasteiger partial charge on any atom is -0.489 e. The lowest BCUT2D eigenvalue weighted by atomic mass is 9.82. The Morgan fingerprint density at radius 3 is 2.61 bits per heavy atom. The summed E-state index contributed by atoms with van der Waals surface area (Å²) in [5.74, 6) is -4.21. The van der Waals surface area contributed by atoms with Gasteiger partial charge >= 0.3 is 6.18 Å². The maximum Gasteiger partial charge on any atom is 0.398 e. The van der Waals surface area contributed by atoms with Crippen LogP contribution in [0, 0.1) is 5.82 Å². The topological polar surface area (TPSA) is 112 Å². The summed E-state index contributed by atoms with van der Waals surface area (Å²) in [4.78, 5) is 29.2. The van der Waals surface area contributed by atoms with E-state index in [0.29, 0.717) is 5.52 Å². The number of carbonyl (C=O) groups is 2. The molecule has 3 aromatic heterocycles. The Morgan fingerprint density at radius 2 is 1.92 bits per heavy atom. The lowest BCUT2D eigenvalue weighted by molar-refractivity contribution is -0.149. The summed E-state index contributed by atoms with van der Waals surface area (Å²) in [6.07, 6.45) is -1.88. The highest BCUT2D eigenvalue weighted by molar-refractivity contribution is 5.94. The van der Waals surface area contributed by atoms with Gasteiger partial charge in [0.1, 0.15) is 35.2 Å². The third-order valence-corrected chi connectivity index (χ3v) is 6.63. The van der Waals surface area contributed by atoms with Crippen molar-refractivity contribution in [2.24, 2.45) is 5.73 Å². The number of primary amides is 1. The van der Waals surface area contributed by atoms with E-state index in [1.165, 1.54) is 42.0 Å². The zero-order chi connectivity index (χ0) is 27.2. The van der Waals surface area contributed by atoms with E-state index in [0.717, 1.165) is 18.2 Å². The van der Waals surface area contributed by atoms with E-state index < -0.39 is 47.4 Å². The van der Waals surface area contributed by atoms with Crippen LogP contribution in [-0.2, 0) is 10.2 Å². The Bertz CT molecular complexity index is 1550. The van der Waals surface area contributed by atoms with Crippen molar-refractivity contribution in [3.63, 3.8) is 0 Å². The molecule has 3 N–H and O–H groups in total. The molecule has 8 nitrogen and oxygen atoms in total. The molecule has 2 amide bonds. The van der Waals surface area contributed by atoms with Crippen LogP contribution in [0.2, 0.25) is 0 Å². The van der Waals surface area contributed by atoms with Crippen LogP contribution in [0.1, 0.15) is 34.5 Å². The number of halogens is 4. The SMILES string of the molecule is C[C@]1(C(N)=O)COc2c1cc(C(CNC(=O)c1ccc3ccnn3c1)C(F)(F)F)nc2-c1ccc(F)cc1. The van der Waals surface area contributed by atoms with Crippen molar-refractivity contribution in [1.82, 2.24) is 19.9 Å². The predicted octanol–water partition coefficient (Wildman–Crippen LogP) is 3.75. The first-order valence-corrected chi connectivity index (χ1v) is 11.5. The van der Waals surface area contributed by atoms with Crippen LogP contribution in [0.5, 0.6) is 5.75 Å². The largest absolute Gasteiger partial charge is 0.489 e. The molecular weight excluding hydrogens is 506 g/mol. The molecule has 12 heteroatoms. The van der Waals surface area contributed by atoms with Crippen molar-refractivity contribution in [3.05, 3.63) is 83.6 Å². The average molecular weight is 527 g/mol. The minimum atomic E-state index is -4.82. The van der Waals surface area contributed by atoms with Crippen LogP contribution >= 0.6 is 0 Å². The smallest absolute Gasteiger partial charge is 0.398 e. The van der Waals surface area contributed by atoms with Crippen molar-refractivity contribution < 1.29 is 31.9 Å². The average Bonchev–Trinajstić information content (AvgIpc) is 3.48. The quantitative estimate of drug-likeness (QED) is 0.371. The number of nitrogens with one attached hydrogen (secondary N) is 1. The number of amides is 2. The molecule has 0 aliphatic carbocycles. The van der Waals surface area contributed by atoms with Crippen molar-refractivity contribution in [1.29, 1.82) is 0 Å². The number of pyridine rings is 2. The first-order chi connectivity index (χ1) is 18.0. The van der Waals surface area contributed by atoms with Gasteiger partial charge in [-0.15, -0.1) is 0 Å². The number of alkyl halides is 3.